The lowest BCUT2D eigenvalue weighted by molar-refractivity contribution is -0.157. The van der Waals surface area contributed by atoms with Gasteiger partial charge in [-0.1, -0.05) is 24.3 Å². The minimum absolute atomic E-state index is 0.0615. The maximum atomic E-state index is 12.6. The Morgan fingerprint density at radius 1 is 1.27 bits per heavy atom. The quantitative estimate of drug-likeness (QED) is 0.609. The summed E-state index contributed by atoms with van der Waals surface area (Å²) in [6.45, 7) is 7.04. The van der Waals surface area contributed by atoms with Crippen molar-refractivity contribution in [3.8, 4) is 0 Å². The second-order valence-corrected chi connectivity index (χ2v) is 6.33. The van der Waals surface area contributed by atoms with Gasteiger partial charge in [0.2, 0.25) is 5.91 Å². The topological polar surface area (TPSA) is 108 Å². The number of amides is 1. The van der Waals surface area contributed by atoms with Crippen LogP contribution in [0.3, 0.4) is 0 Å². The van der Waals surface area contributed by atoms with Crippen molar-refractivity contribution in [3.05, 3.63) is 46.8 Å². The number of nitrogens with two attached hydrogens (primary N) is 1. The zero-order chi connectivity index (χ0) is 19.4. The smallest absolute Gasteiger partial charge is 0.338 e. The van der Waals surface area contributed by atoms with Crippen molar-refractivity contribution < 1.29 is 23.9 Å². The van der Waals surface area contributed by atoms with E-state index in [9.17, 15) is 14.4 Å². The molecule has 2 unspecified atom stereocenters. The maximum Gasteiger partial charge on any atom is 0.338 e. The number of benzene rings is 1. The molecular weight excluding hydrogens is 336 g/mol. The Bertz CT molecular complexity index is 754. The lowest BCUT2D eigenvalue weighted by atomic mass is 9.76. The standard InChI is InChI=1S/C19H24N2O5/c1-5-25-18(23)14-13(12-9-7-6-8-11(12)4)15(17(22)21-16(14)20)19(24)26-10(2)3/h6-10,13,15H,5,20H2,1-4H3,(H,21,22). The number of aryl methyl sites for hydroxylation is 1. The normalized spacial score (nSPS) is 20.0. The summed E-state index contributed by atoms with van der Waals surface area (Å²) in [7, 11) is 0. The fourth-order valence-electron chi connectivity index (χ4n) is 3.03. The molecule has 0 radical (unpaired) electrons. The molecule has 0 aliphatic carbocycles. The third kappa shape index (κ3) is 3.87. The summed E-state index contributed by atoms with van der Waals surface area (Å²) in [5.41, 5.74) is 7.47. The highest BCUT2D eigenvalue weighted by atomic mass is 16.5. The first-order valence-electron chi connectivity index (χ1n) is 8.51. The molecule has 26 heavy (non-hydrogen) atoms. The minimum Gasteiger partial charge on any atom is -0.463 e. The van der Waals surface area contributed by atoms with Crippen LogP contribution in [-0.4, -0.2) is 30.6 Å². The van der Waals surface area contributed by atoms with E-state index in [2.05, 4.69) is 5.32 Å². The van der Waals surface area contributed by atoms with Gasteiger partial charge in [0, 0.05) is 5.92 Å². The summed E-state index contributed by atoms with van der Waals surface area (Å²) in [4.78, 5) is 37.8. The molecule has 0 fully saturated rings. The molecule has 1 aliphatic rings. The number of ether oxygens (including phenoxy) is 2. The molecule has 0 spiro atoms. The van der Waals surface area contributed by atoms with Crippen molar-refractivity contribution >= 4 is 17.8 Å². The fourth-order valence-corrected chi connectivity index (χ4v) is 3.03. The van der Waals surface area contributed by atoms with Gasteiger partial charge in [-0.25, -0.2) is 4.79 Å². The van der Waals surface area contributed by atoms with Crippen molar-refractivity contribution in [2.45, 2.75) is 39.7 Å². The highest BCUT2D eigenvalue weighted by molar-refractivity contribution is 6.05. The molecule has 1 amide bonds. The SMILES string of the molecule is CCOC(=O)C1=C(N)NC(=O)C(C(=O)OC(C)C)C1c1ccccc1C. The number of hydrogen-bond donors (Lipinski definition) is 2. The number of carbonyl (C=O) groups is 3. The average Bonchev–Trinajstić information content (AvgIpc) is 2.53. The van der Waals surface area contributed by atoms with E-state index in [1.165, 1.54) is 0 Å². The number of esters is 2. The van der Waals surface area contributed by atoms with Gasteiger partial charge in [0.1, 0.15) is 11.7 Å². The van der Waals surface area contributed by atoms with Gasteiger partial charge in [-0.3, -0.25) is 9.59 Å². The minimum atomic E-state index is -1.23. The molecule has 0 aromatic heterocycles. The molecule has 1 aromatic rings. The largest absolute Gasteiger partial charge is 0.463 e. The first-order chi connectivity index (χ1) is 12.3. The third-order valence-corrected chi connectivity index (χ3v) is 4.10. The van der Waals surface area contributed by atoms with E-state index < -0.39 is 35.8 Å². The lowest BCUT2D eigenvalue weighted by Crippen LogP contribution is -2.48. The van der Waals surface area contributed by atoms with E-state index in [0.29, 0.717) is 5.56 Å². The average molecular weight is 360 g/mol. The van der Waals surface area contributed by atoms with E-state index in [1.807, 2.05) is 19.1 Å². The highest BCUT2D eigenvalue weighted by Gasteiger charge is 2.47. The van der Waals surface area contributed by atoms with Crippen LogP contribution < -0.4 is 11.1 Å². The van der Waals surface area contributed by atoms with Crippen LogP contribution in [0.1, 0.15) is 37.8 Å². The maximum absolute atomic E-state index is 12.6. The van der Waals surface area contributed by atoms with Crippen molar-refractivity contribution in [1.82, 2.24) is 5.32 Å². The zero-order valence-electron chi connectivity index (χ0n) is 15.4. The predicted molar refractivity (Wildman–Crippen MR) is 94.6 cm³/mol. The zero-order valence-corrected chi connectivity index (χ0v) is 15.4. The molecule has 1 aliphatic heterocycles. The van der Waals surface area contributed by atoms with Crippen LogP contribution in [0.4, 0.5) is 0 Å². The molecule has 3 N–H and O–H groups in total. The van der Waals surface area contributed by atoms with Gasteiger partial charge >= 0.3 is 11.9 Å². The number of rotatable bonds is 5. The van der Waals surface area contributed by atoms with E-state index >= 15 is 0 Å². The van der Waals surface area contributed by atoms with Crippen LogP contribution in [0.2, 0.25) is 0 Å². The molecule has 2 atom stereocenters. The van der Waals surface area contributed by atoms with Gasteiger partial charge in [-0.2, -0.15) is 0 Å². The molecular formula is C19H24N2O5. The van der Waals surface area contributed by atoms with Crippen molar-refractivity contribution in [2.75, 3.05) is 6.61 Å². The number of nitrogens with one attached hydrogen (secondary N) is 1. The van der Waals surface area contributed by atoms with Crippen LogP contribution >= 0.6 is 0 Å². The third-order valence-electron chi connectivity index (χ3n) is 4.10. The van der Waals surface area contributed by atoms with E-state index in [1.54, 1.807) is 32.9 Å². The van der Waals surface area contributed by atoms with Gasteiger partial charge in [0.05, 0.1) is 18.3 Å². The Labute approximate surface area is 152 Å². The number of hydrogen-bond acceptors (Lipinski definition) is 6. The first kappa shape index (κ1) is 19.5. The second kappa shape index (κ2) is 8.03. The number of carbonyl (C=O) groups excluding carboxylic acids is 3. The van der Waals surface area contributed by atoms with Gasteiger partial charge in [0.15, 0.2) is 0 Å². The molecule has 140 valence electrons. The fraction of sp³-hybridized carbons (Fsp3) is 0.421. The second-order valence-electron chi connectivity index (χ2n) is 6.33. The van der Waals surface area contributed by atoms with Gasteiger partial charge in [0.25, 0.3) is 0 Å². The predicted octanol–water partition coefficient (Wildman–Crippen LogP) is 1.51. The van der Waals surface area contributed by atoms with Gasteiger partial charge < -0.3 is 20.5 Å². The Hall–Kier alpha value is -2.83. The highest BCUT2D eigenvalue weighted by Crippen LogP contribution is 2.39. The van der Waals surface area contributed by atoms with Crippen molar-refractivity contribution in [2.24, 2.45) is 11.7 Å². The Morgan fingerprint density at radius 2 is 1.92 bits per heavy atom. The molecule has 1 heterocycles. The summed E-state index contributed by atoms with van der Waals surface area (Å²) < 4.78 is 10.4. The molecule has 0 bridgehead atoms. The summed E-state index contributed by atoms with van der Waals surface area (Å²) in [6, 6.07) is 7.21. The van der Waals surface area contributed by atoms with Crippen molar-refractivity contribution in [3.63, 3.8) is 0 Å². The Morgan fingerprint density at radius 3 is 2.50 bits per heavy atom. The molecule has 0 saturated heterocycles. The summed E-state index contributed by atoms with van der Waals surface area (Å²) in [5, 5.41) is 2.41. The van der Waals surface area contributed by atoms with Crippen LogP contribution in [-0.2, 0) is 23.9 Å². The monoisotopic (exact) mass is 360 g/mol. The van der Waals surface area contributed by atoms with Gasteiger partial charge in [-0.05, 0) is 38.8 Å². The van der Waals surface area contributed by atoms with E-state index in [0.717, 1.165) is 5.56 Å². The van der Waals surface area contributed by atoms with Crippen molar-refractivity contribution in [1.29, 1.82) is 0 Å². The molecule has 7 nitrogen and oxygen atoms in total. The van der Waals surface area contributed by atoms with Crippen LogP contribution in [0.15, 0.2) is 35.7 Å². The summed E-state index contributed by atoms with van der Waals surface area (Å²) >= 11 is 0. The van der Waals surface area contributed by atoms with E-state index in [-0.39, 0.29) is 18.0 Å². The summed E-state index contributed by atoms with van der Waals surface area (Å²) in [6.07, 6.45) is -0.401. The first-order valence-corrected chi connectivity index (χ1v) is 8.51. The van der Waals surface area contributed by atoms with Crippen LogP contribution in [0.5, 0.6) is 0 Å². The van der Waals surface area contributed by atoms with Gasteiger partial charge in [-0.15, -0.1) is 0 Å². The lowest BCUT2D eigenvalue weighted by Gasteiger charge is -2.33. The molecule has 0 saturated carbocycles. The Balaban J connectivity index is 2.63. The summed E-state index contributed by atoms with van der Waals surface area (Å²) in [5.74, 6) is -4.19. The van der Waals surface area contributed by atoms with Crippen LogP contribution in [0.25, 0.3) is 0 Å². The molecule has 2 rings (SSSR count). The Kier molecular flexibility index (Phi) is 6.02. The van der Waals surface area contributed by atoms with Crippen LogP contribution in [0, 0.1) is 12.8 Å². The molecule has 1 aromatic carbocycles. The van der Waals surface area contributed by atoms with E-state index in [4.69, 9.17) is 15.2 Å². The molecule has 7 heteroatoms.